The van der Waals surface area contributed by atoms with Crippen molar-refractivity contribution in [3.63, 3.8) is 0 Å². The highest BCUT2D eigenvalue weighted by Crippen LogP contribution is 2.23. The first kappa shape index (κ1) is 20.9. The van der Waals surface area contributed by atoms with Crippen LogP contribution in [0, 0.1) is 0 Å². The lowest BCUT2D eigenvalue weighted by Gasteiger charge is -2.10. The number of nitrogens with one attached hydrogen (secondary N) is 2. The highest BCUT2D eigenvalue weighted by molar-refractivity contribution is 6.07. The van der Waals surface area contributed by atoms with Crippen molar-refractivity contribution < 1.29 is 14.0 Å². The lowest BCUT2D eigenvalue weighted by molar-refractivity contribution is 0.101. The van der Waals surface area contributed by atoms with Crippen LogP contribution >= 0.6 is 0 Å². The van der Waals surface area contributed by atoms with Crippen LogP contribution in [0.3, 0.4) is 0 Å². The molecule has 0 unspecified atom stereocenters. The van der Waals surface area contributed by atoms with Crippen LogP contribution < -0.4 is 10.6 Å². The van der Waals surface area contributed by atoms with Gasteiger partial charge in [0, 0.05) is 23.5 Å². The van der Waals surface area contributed by atoms with Crippen LogP contribution in [0.5, 0.6) is 0 Å². The minimum absolute atomic E-state index is 0.320. The van der Waals surface area contributed by atoms with E-state index in [0.717, 1.165) is 5.69 Å². The average Bonchev–Trinajstić information content (AvgIpc) is 3.56. The summed E-state index contributed by atoms with van der Waals surface area (Å²) >= 11 is 0. The largest absolute Gasteiger partial charge is 0.463 e. The minimum Gasteiger partial charge on any atom is -0.463 e. The topological polar surface area (TPSA) is 102 Å². The molecule has 8 nitrogen and oxygen atoms in total. The molecule has 2 N–H and O–H groups in total. The lowest BCUT2D eigenvalue weighted by atomic mass is 10.2. The number of carbonyl (C=O) groups excluding carboxylic acids is 2. The van der Waals surface area contributed by atoms with Gasteiger partial charge in [0.25, 0.3) is 11.8 Å². The number of amides is 2. The quantitative estimate of drug-likeness (QED) is 0.378. The van der Waals surface area contributed by atoms with Crippen molar-refractivity contribution in [3.05, 3.63) is 115 Å². The van der Waals surface area contributed by atoms with Gasteiger partial charge in [-0.25, -0.2) is 9.67 Å². The summed E-state index contributed by atoms with van der Waals surface area (Å²) in [6.07, 6.45) is 3.15. The Hall–Kier alpha value is -4.98. The number of aromatic nitrogens is 3. The first-order chi connectivity index (χ1) is 16.7. The van der Waals surface area contributed by atoms with Gasteiger partial charge in [-0.3, -0.25) is 9.59 Å². The van der Waals surface area contributed by atoms with Crippen LogP contribution in [0.15, 0.2) is 108 Å². The fourth-order valence-electron chi connectivity index (χ4n) is 3.41. The number of pyridine rings is 1. The number of rotatable bonds is 6. The molecule has 3 heterocycles. The fourth-order valence-corrected chi connectivity index (χ4v) is 3.41. The highest BCUT2D eigenvalue weighted by Gasteiger charge is 2.19. The Kier molecular flexibility index (Phi) is 5.69. The summed E-state index contributed by atoms with van der Waals surface area (Å²) in [5.41, 5.74) is 2.44. The fraction of sp³-hybridized carbons (Fsp3) is 0. The molecule has 8 heteroatoms. The van der Waals surface area contributed by atoms with E-state index in [2.05, 4.69) is 20.7 Å². The molecular formula is C26H19N5O3. The molecule has 0 saturated carbocycles. The monoisotopic (exact) mass is 449 g/mol. The third-order valence-corrected chi connectivity index (χ3v) is 5.01. The van der Waals surface area contributed by atoms with E-state index in [4.69, 9.17) is 4.42 Å². The average molecular weight is 449 g/mol. The van der Waals surface area contributed by atoms with Gasteiger partial charge in [-0.1, -0.05) is 30.3 Å². The molecule has 3 aromatic heterocycles. The maximum absolute atomic E-state index is 13.3. The zero-order chi connectivity index (χ0) is 23.3. The molecule has 0 aliphatic carbocycles. The van der Waals surface area contributed by atoms with Crippen molar-refractivity contribution in [3.8, 4) is 17.1 Å². The van der Waals surface area contributed by atoms with E-state index in [0.29, 0.717) is 34.2 Å². The van der Waals surface area contributed by atoms with E-state index in [1.807, 2.05) is 30.3 Å². The number of hydrogen-bond donors (Lipinski definition) is 2. The van der Waals surface area contributed by atoms with Crippen LogP contribution in [0.1, 0.15) is 20.8 Å². The van der Waals surface area contributed by atoms with Gasteiger partial charge >= 0.3 is 0 Å². The second kappa shape index (κ2) is 9.25. The number of para-hydroxylation sites is 1. The van der Waals surface area contributed by atoms with Gasteiger partial charge in [-0.2, -0.15) is 5.10 Å². The standard InChI is InChI=1S/C26H19N5O3/c32-25(29-24-13-4-5-14-27-24)18-8-6-9-19(16-18)28-26(33)22-17-21(23-12-7-15-34-23)30-31(22)20-10-2-1-3-11-20/h1-17H,(H,28,33)(H,27,29,32). The van der Waals surface area contributed by atoms with Crippen LogP contribution in [-0.2, 0) is 0 Å². The number of hydrogen-bond acceptors (Lipinski definition) is 5. The predicted octanol–water partition coefficient (Wildman–Crippen LogP) is 5.03. The van der Waals surface area contributed by atoms with Gasteiger partial charge in [0.2, 0.25) is 0 Å². The molecule has 2 amide bonds. The molecule has 0 aliphatic rings. The second-order valence-electron chi connectivity index (χ2n) is 7.34. The first-order valence-electron chi connectivity index (χ1n) is 10.5. The Bertz CT molecular complexity index is 1430. The smallest absolute Gasteiger partial charge is 0.274 e. The van der Waals surface area contributed by atoms with E-state index >= 15 is 0 Å². The number of furan rings is 1. The van der Waals surface area contributed by atoms with Crippen molar-refractivity contribution in [2.75, 3.05) is 10.6 Å². The summed E-state index contributed by atoms with van der Waals surface area (Å²) < 4.78 is 7.02. The number of anilines is 2. The Balaban J connectivity index is 1.41. The molecular weight excluding hydrogens is 430 g/mol. The normalized spacial score (nSPS) is 10.6. The van der Waals surface area contributed by atoms with Gasteiger partial charge in [-0.15, -0.1) is 0 Å². The van der Waals surface area contributed by atoms with Gasteiger partial charge < -0.3 is 15.1 Å². The molecule has 166 valence electrons. The third kappa shape index (κ3) is 4.46. The Labute approximate surface area is 194 Å². The number of nitrogens with zero attached hydrogens (tertiary/aromatic N) is 3. The van der Waals surface area contributed by atoms with E-state index in [1.54, 1.807) is 77.8 Å². The minimum atomic E-state index is -0.378. The van der Waals surface area contributed by atoms with Crippen molar-refractivity contribution in [2.24, 2.45) is 0 Å². The summed E-state index contributed by atoms with van der Waals surface area (Å²) in [6.45, 7) is 0. The first-order valence-corrected chi connectivity index (χ1v) is 10.5. The maximum Gasteiger partial charge on any atom is 0.274 e. The lowest BCUT2D eigenvalue weighted by Crippen LogP contribution is -2.18. The summed E-state index contributed by atoms with van der Waals surface area (Å²) in [6, 6.07) is 26.5. The van der Waals surface area contributed by atoms with E-state index < -0.39 is 0 Å². The van der Waals surface area contributed by atoms with Crippen molar-refractivity contribution in [1.29, 1.82) is 0 Å². The Morgan fingerprint density at radius 3 is 2.41 bits per heavy atom. The van der Waals surface area contributed by atoms with Gasteiger partial charge in [0.05, 0.1) is 12.0 Å². The Morgan fingerprint density at radius 2 is 1.65 bits per heavy atom. The van der Waals surface area contributed by atoms with Crippen molar-refractivity contribution >= 4 is 23.3 Å². The van der Waals surface area contributed by atoms with E-state index in [1.165, 1.54) is 0 Å². The van der Waals surface area contributed by atoms with Crippen LogP contribution in [0.2, 0.25) is 0 Å². The number of benzene rings is 2. The molecule has 5 rings (SSSR count). The third-order valence-electron chi connectivity index (χ3n) is 5.01. The number of carbonyl (C=O) groups is 2. The SMILES string of the molecule is O=C(Nc1ccccn1)c1cccc(NC(=O)c2cc(-c3ccco3)nn2-c2ccccc2)c1. The van der Waals surface area contributed by atoms with Gasteiger partial charge in [0.15, 0.2) is 5.76 Å². The Morgan fingerprint density at radius 1 is 0.794 bits per heavy atom. The van der Waals surface area contributed by atoms with Gasteiger partial charge in [0.1, 0.15) is 17.2 Å². The highest BCUT2D eigenvalue weighted by atomic mass is 16.3. The van der Waals surface area contributed by atoms with Crippen molar-refractivity contribution in [1.82, 2.24) is 14.8 Å². The zero-order valence-corrected chi connectivity index (χ0v) is 17.9. The molecule has 0 bridgehead atoms. The van der Waals surface area contributed by atoms with E-state index in [9.17, 15) is 9.59 Å². The summed E-state index contributed by atoms with van der Waals surface area (Å²) in [7, 11) is 0. The maximum atomic E-state index is 13.3. The zero-order valence-electron chi connectivity index (χ0n) is 17.9. The van der Waals surface area contributed by atoms with E-state index in [-0.39, 0.29) is 11.8 Å². The van der Waals surface area contributed by atoms with Crippen molar-refractivity contribution in [2.45, 2.75) is 0 Å². The summed E-state index contributed by atoms with van der Waals surface area (Å²) in [5, 5.41) is 10.2. The molecule has 0 fully saturated rings. The molecule has 5 aromatic rings. The molecule has 0 aliphatic heterocycles. The summed E-state index contributed by atoms with van der Waals surface area (Å²) in [5.74, 6) is 0.289. The summed E-state index contributed by atoms with van der Waals surface area (Å²) in [4.78, 5) is 30.0. The molecule has 2 aromatic carbocycles. The molecule has 0 radical (unpaired) electrons. The van der Waals surface area contributed by atoms with Gasteiger partial charge in [-0.05, 0) is 54.6 Å². The molecule has 0 saturated heterocycles. The second-order valence-corrected chi connectivity index (χ2v) is 7.34. The van der Waals surface area contributed by atoms with Crippen LogP contribution in [-0.4, -0.2) is 26.6 Å². The molecule has 0 atom stereocenters. The van der Waals surface area contributed by atoms with Crippen LogP contribution in [0.25, 0.3) is 17.1 Å². The molecule has 34 heavy (non-hydrogen) atoms. The predicted molar refractivity (Wildman–Crippen MR) is 128 cm³/mol. The van der Waals surface area contributed by atoms with Crippen LogP contribution in [0.4, 0.5) is 11.5 Å². The molecule has 0 spiro atoms.